The molecule has 6 rings (SSSR count). The van der Waals surface area contributed by atoms with Crippen LogP contribution >= 0.6 is 23.4 Å². The zero-order valence-corrected chi connectivity index (χ0v) is 21.3. The number of thioether (sulfide) groups is 1. The number of ether oxygens (including phenoxy) is 2. The second kappa shape index (κ2) is 9.84. The van der Waals surface area contributed by atoms with Gasteiger partial charge >= 0.3 is 0 Å². The normalized spacial score (nSPS) is 13.5. The molecule has 0 saturated heterocycles. The van der Waals surface area contributed by atoms with Gasteiger partial charge in [-0.1, -0.05) is 41.6 Å². The molecule has 3 aromatic carbocycles. The van der Waals surface area contributed by atoms with Crippen molar-refractivity contribution in [1.82, 2.24) is 19.7 Å². The molecular formula is C27H22ClN5O3S. The third-order valence-electron chi connectivity index (χ3n) is 6.01. The highest BCUT2D eigenvalue weighted by atomic mass is 35.5. The van der Waals surface area contributed by atoms with Crippen molar-refractivity contribution in [3.63, 3.8) is 0 Å². The molecule has 10 heteroatoms. The highest BCUT2D eigenvalue weighted by Crippen LogP contribution is 2.35. The van der Waals surface area contributed by atoms with Crippen molar-refractivity contribution in [2.75, 3.05) is 18.5 Å². The molecule has 1 amide bonds. The van der Waals surface area contributed by atoms with E-state index >= 15 is 0 Å². The Morgan fingerprint density at radius 1 is 1.05 bits per heavy atom. The summed E-state index contributed by atoms with van der Waals surface area (Å²) in [6, 6.07) is 20.9. The number of H-pyrrole nitrogens is 1. The molecule has 3 heterocycles. The minimum Gasteiger partial charge on any atom is -0.486 e. The first-order valence-electron chi connectivity index (χ1n) is 11.7. The number of halogens is 1. The Bertz CT molecular complexity index is 1600. The van der Waals surface area contributed by atoms with E-state index < -0.39 is 5.25 Å². The van der Waals surface area contributed by atoms with E-state index in [1.54, 1.807) is 18.2 Å². The van der Waals surface area contributed by atoms with Crippen molar-refractivity contribution in [2.45, 2.75) is 17.3 Å². The van der Waals surface area contributed by atoms with E-state index in [0.717, 1.165) is 22.2 Å². The molecule has 0 spiro atoms. The summed E-state index contributed by atoms with van der Waals surface area (Å²) in [7, 11) is 0. The average Bonchev–Trinajstić information content (AvgIpc) is 3.53. The second-order valence-corrected chi connectivity index (χ2v) is 10.2. The van der Waals surface area contributed by atoms with Crippen molar-refractivity contribution in [1.29, 1.82) is 0 Å². The van der Waals surface area contributed by atoms with Gasteiger partial charge in [-0.2, -0.15) is 0 Å². The number of carbonyl (C=O) groups is 1. The monoisotopic (exact) mass is 531 g/mol. The van der Waals surface area contributed by atoms with Crippen molar-refractivity contribution < 1.29 is 14.3 Å². The van der Waals surface area contributed by atoms with Gasteiger partial charge in [0.1, 0.15) is 13.2 Å². The van der Waals surface area contributed by atoms with Crippen LogP contribution in [-0.4, -0.2) is 44.1 Å². The first-order chi connectivity index (χ1) is 18.1. The number of para-hydroxylation sites is 1. The summed E-state index contributed by atoms with van der Waals surface area (Å²) >= 11 is 7.48. The van der Waals surface area contributed by atoms with Crippen LogP contribution in [0.15, 0.2) is 78.1 Å². The Morgan fingerprint density at radius 3 is 2.68 bits per heavy atom. The highest BCUT2D eigenvalue weighted by Gasteiger charge is 2.24. The van der Waals surface area contributed by atoms with Crippen LogP contribution < -0.4 is 14.8 Å². The Morgan fingerprint density at radius 2 is 1.84 bits per heavy atom. The lowest BCUT2D eigenvalue weighted by Crippen LogP contribution is -2.23. The van der Waals surface area contributed by atoms with Crippen molar-refractivity contribution in [3.05, 3.63) is 77.9 Å². The zero-order valence-electron chi connectivity index (χ0n) is 19.8. The van der Waals surface area contributed by atoms with Gasteiger partial charge in [-0.25, -0.2) is 0 Å². The molecule has 2 aromatic heterocycles. The molecule has 8 nitrogen and oxygen atoms in total. The van der Waals surface area contributed by atoms with Crippen molar-refractivity contribution in [2.24, 2.45) is 0 Å². The lowest BCUT2D eigenvalue weighted by molar-refractivity contribution is -0.115. The number of anilines is 1. The number of nitrogens with zero attached hydrogens (tertiary/aromatic N) is 3. The Kier molecular flexibility index (Phi) is 6.23. The molecule has 1 aliphatic rings. The van der Waals surface area contributed by atoms with Gasteiger partial charge in [0.2, 0.25) is 5.91 Å². The number of hydrogen-bond donors (Lipinski definition) is 2. The Labute approximate surface area is 222 Å². The average molecular weight is 532 g/mol. The van der Waals surface area contributed by atoms with Gasteiger partial charge < -0.3 is 19.8 Å². The van der Waals surface area contributed by atoms with Gasteiger partial charge in [-0.05, 0) is 49.4 Å². The molecule has 1 atom stereocenters. The predicted octanol–water partition coefficient (Wildman–Crippen LogP) is 5.96. The summed E-state index contributed by atoms with van der Waals surface area (Å²) < 4.78 is 13.1. The molecule has 0 unspecified atom stereocenters. The number of aromatic amines is 1. The fraction of sp³-hybridized carbons (Fsp3) is 0.148. The summed E-state index contributed by atoms with van der Waals surface area (Å²) in [5.41, 5.74) is 3.40. The topological polar surface area (TPSA) is 94.1 Å². The predicted molar refractivity (Wildman–Crippen MR) is 145 cm³/mol. The number of aromatic nitrogens is 4. The van der Waals surface area contributed by atoms with Gasteiger partial charge in [0.05, 0.1) is 5.25 Å². The molecule has 0 saturated carbocycles. The molecule has 5 aromatic rings. The SMILES string of the molecule is C[C@@H](Sc1nnc(-c2c[nH]c3ccccc23)n1-c1ccc(Cl)cc1)C(=O)Nc1ccc2c(c1)OCCO2. The lowest BCUT2D eigenvalue weighted by atomic mass is 10.1. The largest absolute Gasteiger partial charge is 0.486 e. The molecule has 1 aliphatic heterocycles. The van der Waals surface area contributed by atoms with Gasteiger partial charge in [-0.3, -0.25) is 9.36 Å². The van der Waals surface area contributed by atoms with Gasteiger partial charge in [0.15, 0.2) is 22.5 Å². The van der Waals surface area contributed by atoms with Crippen LogP contribution in [0, 0.1) is 0 Å². The first-order valence-corrected chi connectivity index (χ1v) is 13.0. The van der Waals surface area contributed by atoms with Crippen LogP contribution in [0.4, 0.5) is 5.69 Å². The Hall–Kier alpha value is -3.95. The number of amides is 1. The van der Waals surface area contributed by atoms with Crippen LogP contribution in [0.5, 0.6) is 11.5 Å². The summed E-state index contributed by atoms with van der Waals surface area (Å²) in [5, 5.41) is 13.8. The maximum Gasteiger partial charge on any atom is 0.237 e. The van der Waals surface area contributed by atoms with Gasteiger partial charge in [0, 0.05) is 45.1 Å². The molecule has 0 aliphatic carbocycles. The lowest BCUT2D eigenvalue weighted by Gasteiger charge is -2.19. The fourth-order valence-electron chi connectivity index (χ4n) is 4.18. The molecule has 0 bridgehead atoms. The third-order valence-corrected chi connectivity index (χ3v) is 7.30. The van der Waals surface area contributed by atoms with Gasteiger partial charge in [-0.15, -0.1) is 10.2 Å². The maximum atomic E-state index is 13.1. The summed E-state index contributed by atoms with van der Waals surface area (Å²) in [6.07, 6.45) is 1.92. The number of rotatable bonds is 6. The minimum atomic E-state index is -0.459. The number of carbonyl (C=O) groups excluding carboxylic acids is 1. The smallest absolute Gasteiger partial charge is 0.237 e. The summed E-state index contributed by atoms with van der Waals surface area (Å²) in [6.45, 7) is 2.83. The first kappa shape index (κ1) is 23.4. The maximum absolute atomic E-state index is 13.1. The fourth-order valence-corrected chi connectivity index (χ4v) is 5.17. The van der Waals surface area contributed by atoms with E-state index in [-0.39, 0.29) is 5.91 Å². The molecular weight excluding hydrogens is 510 g/mol. The molecule has 37 heavy (non-hydrogen) atoms. The van der Waals surface area contributed by atoms with Crippen molar-refractivity contribution >= 4 is 45.9 Å². The molecule has 0 radical (unpaired) electrons. The molecule has 186 valence electrons. The number of fused-ring (bicyclic) bond motifs is 2. The minimum absolute atomic E-state index is 0.166. The van der Waals surface area contributed by atoms with Crippen LogP contribution in [-0.2, 0) is 4.79 Å². The third kappa shape index (κ3) is 4.63. The highest BCUT2D eigenvalue weighted by molar-refractivity contribution is 8.00. The van der Waals surface area contributed by atoms with Crippen LogP contribution in [0.3, 0.4) is 0 Å². The zero-order chi connectivity index (χ0) is 25.4. The van der Waals surface area contributed by atoms with E-state index in [1.807, 2.05) is 66.2 Å². The van der Waals surface area contributed by atoms with E-state index in [4.69, 9.17) is 21.1 Å². The van der Waals surface area contributed by atoms with Crippen LogP contribution in [0.25, 0.3) is 28.0 Å². The number of benzene rings is 3. The quantitative estimate of drug-likeness (QED) is 0.263. The second-order valence-electron chi connectivity index (χ2n) is 8.47. The summed E-state index contributed by atoms with van der Waals surface area (Å²) in [4.78, 5) is 16.4. The number of nitrogens with one attached hydrogen (secondary N) is 2. The molecule has 2 N–H and O–H groups in total. The van der Waals surface area contributed by atoms with Gasteiger partial charge in [0.25, 0.3) is 0 Å². The van der Waals surface area contributed by atoms with Crippen molar-refractivity contribution in [3.8, 4) is 28.6 Å². The van der Waals surface area contributed by atoms with Crippen LogP contribution in [0.2, 0.25) is 5.02 Å². The number of hydrogen-bond acceptors (Lipinski definition) is 6. The van der Waals surface area contributed by atoms with E-state index in [9.17, 15) is 4.79 Å². The van der Waals surface area contributed by atoms with Crippen LogP contribution in [0.1, 0.15) is 6.92 Å². The summed E-state index contributed by atoms with van der Waals surface area (Å²) in [5.74, 6) is 1.80. The standard InChI is InChI=1S/C27H22ClN5O3S/c1-16(26(34)30-18-8-11-23-24(14-18)36-13-12-35-23)37-27-32-31-25(33(27)19-9-6-17(28)7-10-19)21-15-29-22-5-3-2-4-20(21)22/h2-11,14-16,29H,12-13H2,1H3,(H,30,34)/t16-/m1/s1. The van der Waals surface area contributed by atoms with E-state index in [1.165, 1.54) is 11.8 Å². The van der Waals surface area contributed by atoms with E-state index in [0.29, 0.717) is 46.4 Å². The van der Waals surface area contributed by atoms with E-state index in [2.05, 4.69) is 20.5 Å². The Balaban J connectivity index is 1.30. The molecule has 0 fully saturated rings.